The number of nitrogens with zero attached hydrogens (tertiary/aromatic N) is 1. The zero-order valence-corrected chi connectivity index (χ0v) is 16.6. The van der Waals surface area contributed by atoms with Crippen LogP contribution >= 0.6 is 15.9 Å². The second kappa shape index (κ2) is 7.75. The molecule has 0 radical (unpaired) electrons. The predicted octanol–water partition coefficient (Wildman–Crippen LogP) is 5.76. The topological polar surface area (TPSA) is 31.2 Å². The Balaban J connectivity index is 1.85. The molecule has 3 aromatic rings. The van der Waals surface area contributed by atoms with Crippen molar-refractivity contribution >= 4 is 27.8 Å². The molecule has 0 bridgehead atoms. The molecule has 0 saturated carbocycles. The zero-order chi connectivity index (χ0) is 18.7. The van der Waals surface area contributed by atoms with Crippen molar-refractivity contribution in [3.8, 4) is 11.4 Å². The molecule has 0 aliphatic carbocycles. The summed E-state index contributed by atoms with van der Waals surface area (Å²) in [6.45, 7) is 4.13. The summed E-state index contributed by atoms with van der Waals surface area (Å²) < 4.78 is 8.36. The largest absolute Gasteiger partial charge is 0.497 e. The van der Waals surface area contributed by atoms with Crippen LogP contribution < -0.4 is 4.74 Å². The number of hydrogen-bond donors (Lipinski definition) is 0. The molecule has 2 aromatic carbocycles. The van der Waals surface area contributed by atoms with Gasteiger partial charge in [0.15, 0.2) is 5.78 Å². The molecule has 26 heavy (non-hydrogen) atoms. The van der Waals surface area contributed by atoms with Gasteiger partial charge in [-0.3, -0.25) is 4.79 Å². The highest BCUT2D eigenvalue weighted by molar-refractivity contribution is 9.10. The van der Waals surface area contributed by atoms with Crippen LogP contribution in [0.25, 0.3) is 11.8 Å². The molecule has 0 saturated heterocycles. The molecular formula is C22H20BrNO2. The van der Waals surface area contributed by atoms with Gasteiger partial charge >= 0.3 is 0 Å². The molecule has 3 nitrogen and oxygen atoms in total. The highest BCUT2D eigenvalue weighted by atomic mass is 79.9. The van der Waals surface area contributed by atoms with Gasteiger partial charge in [0.2, 0.25) is 0 Å². The number of hydrogen-bond acceptors (Lipinski definition) is 2. The highest BCUT2D eigenvalue weighted by Crippen LogP contribution is 2.23. The minimum Gasteiger partial charge on any atom is -0.497 e. The van der Waals surface area contributed by atoms with Gasteiger partial charge in [-0.15, -0.1) is 0 Å². The van der Waals surface area contributed by atoms with E-state index in [2.05, 4.69) is 52.5 Å². The maximum Gasteiger partial charge on any atom is 0.185 e. The molecule has 0 aliphatic rings. The minimum absolute atomic E-state index is 0.0268. The Bertz CT molecular complexity index is 951. The Labute approximate surface area is 162 Å². The zero-order valence-electron chi connectivity index (χ0n) is 15.0. The molecule has 3 rings (SSSR count). The first-order valence-electron chi connectivity index (χ1n) is 8.31. The summed E-state index contributed by atoms with van der Waals surface area (Å²) >= 11 is 3.47. The summed E-state index contributed by atoms with van der Waals surface area (Å²) in [6.07, 6.45) is 3.50. The quantitative estimate of drug-likeness (QED) is 0.396. The van der Waals surface area contributed by atoms with E-state index in [1.54, 1.807) is 37.5 Å². The van der Waals surface area contributed by atoms with E-state index in [-0.39, 0.29) is 5.78 Å². The molecule has 0 amide bonds. The van der Waals surface area contributed by atoms with E-state index < -0.39 is 0 Å². The van der Waals surface area contributed by atoms with Crippen LogP contribution in [0.4, 0.5) is 0 Å². The molecule has 0 fully saturated rings. The van der Waals surface area contributed by atoms with Crippen molar-refractivity contribution in [2.45, 2.75) is 13.8 Å². The Hall–Kier alpha value is -2.59. The number of aryl methyl sites for hydroxylation is 1. The van der Waals surface area contributed by atoms with E-state index in [1.165, 1.54) is 0 Å². The van der Waals surface area contributed by atoms with Crippen molar-refractivity contribution < 1.29 is 9.53 Å². The first-order valence-corrected chi connectivity index (χ1v) is 9.10. The first-order chi connectivity index (χ1) is 12.5. The summed E-state index contributed by atoms with van der Waals surface area (Å²) in [4.78, 5) is 12.4. The minimum atomic E-state index is -0.0268. The second-order valence-electron chi connectivity index (χ2n) is 6.06. The average molecular weight is 410 g/mol. The molecular weight excluding hydrogens is 390 g/mol. The van der Waals surface area contributed by atoms with Gasteiger partial charge in [0, 0.05) is 27.1 Å². The van der Waals surface area contributed by atoms with Crippen LogP contribution in [0, 0.1) is 13.8 Å². The third kappa shape index (κ3) is 3.81. The third-order valence-electron chi connectivity index (χ3n) is 4.34. The molecule has 1 heterocycles. The molecule has 4 heteroatoms. The second-order valence-corrected chi connectivity index (χ2v) is 6.98. The van der Waals surface area contributed by atoms with Gasteiger partial charge in [-0.2, -0.15) is 0 Å². The normalized spacial score (nSPS) is 11.1. The number of ketones is 1. The fraction of sp³-hybridized carbons (Fsp3) is 0.136. The summed E-state index contributed by atoms with van der Waals surface area (Å²) in [7, 11) is 1.61. The molecule has 0 N–H and O–H groups in total. The van der Waals surface area contributed by atoms with Crippen LogP contribution in [0.5, 0.6) is 5.75 Å². The maximum absolute atomic E-state index is 12.4. The van der Waals surface area contributed by atoms with Crippen LogP contribution in [0.15, 0.2) is 65.1 Å². The van der Waals surface area contributed by atoms with E-state index in [0.29, 0.717) is 5.56 Å². The fourth-order valence-corrected chi connectivity index (χ4v) is 3.23. The average Bonchev–Trinajstić information content (AvgIpc) is 2.94. The monoisotopic (exact) mass is 409 g/mol. The lowest BCUT2D eigenvalue weighted by Crippen LogP contribution is -1.98. The Morgan fingerprint density at radius 3 is 2.31 bits per heavy atom. The van der Waals surface area contributed by atoms with E-state index >= 15 is 0 Å². The lowest BCUT2D eigenvalue weighted by Gasteiger charge is -2.09. The van der Waals surface area contributed by atoms with Gasteiger partial charge in [-0.25, -0.2) is 0 Å². The number of rotatable bonds is 5. The highest BCUT2D eigenvalue weighted by Gasteiger charge is 2.09. The van der Waals surface area contributed by atoms with Gasteiger partial charge in [0.05, 0.1) is 7.11 Å². The number of benzene rings is 2. The van der Waals surface area contributed by atoms with Crippen molar-refractivity contribution in [3.05, 3.63) is 87.7 Å². The van der Waals surface area contributed by atoms with Crippen LogP contribution in [-0.2, 0) is 0 Å². The summed E-state index contributed by atoms with van der Waals surface area (Å²) in [5.74, 6) is 0.713. The number of halogens is 1. The summed E-state index contributed by atoms with van der Waals surface area (Å²) in [5.41, 5.74) is 5.00. The van der Waals surface area contributed by atoms with E-state index in [9.17, 15) is 4.79 Å². The number of allylic oxidation sites excluding steroid dienone is 1. The van der Waals surface area contributed by atoms with Gasteiger partial charge in [-0.05, 0) is 86.2 Å². The molecule has 0 atom stereocenters. The van der Waals surface area contributed by atoms with Crippen molar-refractivity contribution in [2.24, 2.45) is 0 Å². The Kier molecular flexibility index (Phi) is 5.43. The Morgan fingerprint density at radius 1 is 1.04 bits per heavy atom. The van der Waals surface area contributed by atoms with E-state index in [0.717, 1.165) is 32.9 Å². The number of ether oxygens (including phenoxy) is 1. The van der Waals surface area contributed by atoms with Crippen molar-refractivity contribution in [1.82, 2.24) is 4.57 Å². The number of methoxy groups -OCH3 is 1. The van der Waals surface area contributed by atoms with E-state index in [4.69, 9.17) is 4.74 Å². The smallest absolute Gasteiger partial charge is 0.185 e. The summed E-state index contributed by atoms with van der Waals surface area (Å²) in [6, 6.07) is 17.4. The van der Waals surface area contributed by atoms with Gasteiger partial charge in [0.25, 0.3) is 0 Å². The number of aromatic nitrogens is 1. The van der Waals surface area contributed by atoms with Crippen molar-refractivity contribution in [2.75, 3.05) is 7.11 Å². The molecule has 0 unspecified atom stereocenters. The van der Waals surface area contributed by atoms with Gasteiger partial charge in [-0.1, -0.05) is 15.9 Å². The number of carbonyl (C=O) groups is 1. The SMILES string of the molecule is COc1ccc(C(=O)/C=C/c2cc(C)n(-c3ccc(Br)cc3)c2C)cc1. The lowest BCUT2D eigenvalue weighted by atomic mass is 10.1. The molecule has 0 aliphatic heterocycles. The third-order valence-corrected chi connectivity index (χ3v) is 4.87. The van der Waals surface area contributed by atoms with Crippen LogP contribution in [0.3, 0.4) is 0 Å². The fourth-order valence-electron chi connectivity index (χ4n) is 2.96. The molecule has 0 spiro atoms. The molecule has 132 valence electrons. The lowest BCUT2D eigenvalue weighted by molar-refractivity contribution is 0.104. The maximum atomic E-state index is 12.4. The van der Waals surface area contributed by atoms with Gasteiger partial charge < -0.3 is 9.30 Å². The van der Waals surface area contributed by atoms with Crippen molar-refractivity contribution in [1.29, 1.82) is 0 Å². The number of carbonyl (C=O) groups excluding carboxylic acids is 1. The van der Waals surface area contributed by atoms with Crippen LogP contribution in [0.1, 0.15) is 27.3 Å². The van der Waals surface area contributed by atoms with Gasteiger partial charge in [0.1, 0.15) is 5.75 Å². The predicted molar refractivity (Wildman–Crippen MR) is 109 cm³/mol. The standard InChI is InChI=1S/C22H20BrNO2/c1-15-14-18(16(2)24(15)20-9-7-19(23)8-10-20)6-13-22(25)17-4-11-21(26-3)12-5-17/h4-14H,1-3H3/b13-6+. The first kappa shape index (κ1) is 18.2. The van der Waals surface area contributed by atoms with E-state index in [1.807, 2.05) is 18.2 Å². The van der Waals surface area contributed by atoms with Crippen LogP contribution in [0.2, 0.25) is 0 Å². The van der Waals surface area contributed by atoms with Crippen molar-refractivity contribution in [3.63, 3.8) is 0 Å². The Morgan fingerprint density at radius 2 is 1.69 bits per heavy atom. The summed E-state index contributed by atoms with van der Waals surface area (Å²) in [5, 5.41) is 0. The van der Waals surface area contributed by atoms with Crippen LogP contribution in [-0.4, -0.2) is 17.5 Å². The molecule has 1 aromatic heterocycles.